The van der Waals surface area contributed by atoms with Gasteiger partial charge in [0.1, 0.15) is 5.82 Å². The summed E-state index contributed by atoms with van der Waals surface area (Å²) in [6.45, 7) is 6.18. The first-order valence-electron chi connectivity index (χ1n) is 6.45. The van der Waals surface area contributed by atoms with Crippen molar-refractivity contribution < 1.29 is 0 Å². The molecular formula is C15H20N4. The first kappa shape index (κ1) is 13.3. The number of rotatable bonds is 4. The fourth-order valence-corrected chi connectivity index (χ4v) is 1.91. The Balaban J connectivity index is 2.16. The summed E-state index contributed by atoms with van der Waals surface area (Å²) in [5.41, 5.74) is 3.46. The quantitative estimate of drug-likeness (QED) is 0.881. The average Bonchev–Trinajstić information content (AvgIpc) is 2.38. The van der Waals surface area contributed by atoms with Crippen LogP contribution in [-0.2, 0) is 0 Å². The van der Waals surface area contributed by atoms with E-state index in [0.29, 0.717) is 5.95 Å². The van der Waals surface area contributed by atoms with Crippen LogP contribution in [0, 0.1) is 13.8 Å². The molecule has 19 heavy (non-hydrogen) atoms. The van der Waals surface area contributed by atoms with Crippen molar-refractivity contribution in [3.05, 3.63) is 47.2 Å². The van der Waals surface area contributed by atoms with Crippen molar-refractivity contribution in [2.24, 2.45) is 0 Å². The second-order valence-electron chi connectivity index (χ2n) is 4.74. The van der Waals surface area contributed by atoms with E-state index in [2.05, 4.69) is 58.7 Å². The Bertz CT molecular complexity index is 549. The van der Waals surface area contributed by atoms with E-state index in [-0.39, 0.29) is 6.04 Å². The van der Waals surface area contributed by atoms with Gasteiger partial charge in [0.2, 0.25) is 5.95 Å². The molecule has 1 atom stereocenters. The zero-order valence-electron chi connectivity index (χ0n) is 11.9. The number of benzene rings is 1. The summed E-state index contributed by atoms with van der Waals surface area (Å²) in [7, 11) is 1.82. The van der Waals surface area contributed by atoms with Gasteiger partial charge in [0.15, 0.2) is 0 Å². The highest BCUT2D eigenvalue weighted by Gasteiger charge is 2.07. The van der Waals surface area contributed by atoms with E-state index in [1.807, 2.05) is 20.0 Å². The van der Waals surface area contributed by atoms with Crippen molar-refractivity contribution >= 4 is 11.8 Å². The molecule has 0 aliphatic carbocycles. The summed E-state index contributed by atoms with van der Waals surface area (Å²) < 4.78 is 0. The van der Waals surface area contributed by atoms with Crippen molar-refractivity contribution in [2.45, 2.75) is 26.8 Å². The van der Waals surface area contributed by atoms with Gasteiger partial charge in [-0.2, -0.15) is 4.98 Å². The van der Waals surface area contributed by atoms with Gasteiger partial charge in [-0.15, -0.1) is 0 Å². The van der Waals surface area contributed by atoms with E-state index in [1.54, 1.807) is 0 Å². The Labute approximate surface area is 114 Å². The second kappa shape index (κ2) is 5.69. The first-order valence-corrected chi connectivity index (χ1v) is 6.45. The van der Waals surface area contributed by atoms with Crippen LogP contribution in [-0.4, -0.2) is 17.0 Å². The first-order chi connectivity index (χ1) is 9.08. The topological polar surface area (TPSA) is 49.8 Å². The smallest absolute Gasteiger partial charge is 0.224 e. The molecule has 0 fully saturated rings. The van der Waals surface area contributed by atoms with Gasteiger partial charge < -0.3 is 10.6 Å². The fourth-order valence-electron chi connectivity index (χ4n) is 1.91. The van der Waals surface area contributed by atoms with E-state index >= 15 is 0 Å². The molecular weight excluding hydrogens is 236 g/mol. The van der Waals surface area contributed by atoms with Crippen LogP contribution < -0.4 is 10.6 Å². The molecule has 100 valence electrons. The fraction of sp³-hybridized carbons (Fsp3) is 0.333. The van der Waals surface area contributed by atoms with Gasteiger partial charge in [0.05, 0.1) is 0 Å². The summed E-state index contributed by atoms with van der Waals surface area (Å²) in [6.07, 6.45) is 0. The third-order valence-corrected chi connectivity index (χ3v) is 3.02. The third-order valence-electron chi connectivity index (χ3n) is 3.02. The number of nitrogens with zero attached hydrogens (tertiary/aromatic N) is 2. The molecule has 0 saturated carbocycles. The van der Waals surface area contributed by atoms with Gasteiger partial charge in [-0.25, -0.2) is 4.98 Å². The van der Waals surface area contributed by atoms with Crippen LogP contribution in [0.2, 0.25) is 0 Å². The lowest BCUT2D eigenvalue weighted by Gasteiger charge is -2.16. The number of nitrogens with one attached hydrogen (secondary N) is 2. The number of hydrogen-bond acceptors (Lipinski definition) is 4. The van der Waals surface area contributed by atoms with Gasteiger partial charge in [-0.05, 0) is 26.3 Å². The largest absolute Gasteiger partial charge is 0.363 e. The molecule has 1 unspecified atom stereocenters. The van der Waals surface area contributed by atoms with E-state index in [4.69, 9.17) is 0 Å². The molecule has 4 nitrogen and oxygen atoms in total. The normalized spacial score (nSPS) is 12.0. The third kappa shape index (κ3) is 3.44. The van der Waals surface area contributed by atoms with E-state index in [9.17, 15) is 0 Å². The summed E-state index contributed by atoms with van der Waals surface area (Å²) in [5, 5.41) is 6.37. The van der Waals surface area contributed by atoms with Gasteiger partial charge in [0, 0.05) is 24.8 Å². The van der Waals surface area contributed by atoms with Crippen LogP contribution in [0.5, 0.6) is 0 Å². The Morgan fingerprint density at radius 1 is 1.05 bits per heavy atom. The molecule has 0 bridgehead atoms. The molecule has 2 aromatic rings. The summed E-state index contributed by atoms with van der Waals surface area (Å²) in [4.78, 5) is 8.68. The number of aryl methyl sites for hydroxylation is 2. The summed E-state index contributed by atoms with van der Waals surface area (Å²) in [6, 6.07) is 10.7. The van der Waals surface area contributed by atoms with Gasteiger partial charge in [-0.1, -0.05) is 29.8 Å². The number of anilines is 2. The Kier molecular flexibility index (Phi) is 4.00. The van der Waals surface area contributed by atoms with Crippen LogP contribution in [0.3, 0.4) is 0 Å². The minimum absolute atomic E-state index is 0.208. The molecule has 0 saturated heterocycles. The minimum atomic E-state index is 0.208. The minimum Gasteiger partial charge on any atom is -0.363 e. The highest BCUT2D eigenvalue weighted by Crippen LogP contribution is 2.19. The molecule has 0 aliphatic rings. The Morgan fingerprint density at radius 2 is 1.74 bits per heavy atom. The Morgan fingerprint density at radius 3 is 2.37 bits per heavy atom. The van der Waals surface area contributed by atoms with Crippen molar-refractivity contribution in [1.82, 2.24) is 9.97 Å². The molecule has 1 aromatic heterocycles. The maximum absolute atomic E-state index is 4.40. The molecule has 2 N–H and O–H groups in total. The van der Waals surface area contributed by atoms with Crippen molar-refractivity contribution in [3.63, 3.8) is 0 Å². The molecule has 0 amide bonds. The van der Waals surface area contributed by atoms with Crippen LogP contribution in [0.25, 0.3) is 0 Å². The molecule has 1 aromatic carbocycles. The second-order valence-corrected chi connectivity index (χ2v) is 4.74. The van der Waals surface area contributed by atoms with E-state index in [1.165, 1.54) is 11.1 Å². The highest BCUT2D eigenvalue weighted by molar-refractivity contribution is 5.44. The molecule has 4 heteroatoms. The van der Waals surface area contributed by atoms with E-state index in [0.717, 1.165) is 11.5 Å². The van der Waals surface area contributed by atoms with Crippen molar-refractivity contribution in [3.8, 4) is 0 Å². The summed E-state index contributed by atoms with van der Waals surface area (Å²) in [5.74, 6) is 1.48. The van der Waals surface area contributed by atoms with E-state index < -0.39 is 0 Å². The SMILES string of the molecule is CNc1nc(C)cc(NC(C)c2ccc(C)cc2)n1. The molecule has 1 heterocycles. The molecule has 0 aliphatic heterocycles. The predicted molar refractivity (Wildman–Crippen MR) is 79.5 cm³/mol. The lowest BCUT2D eigenvalue weighted by Crippen LogP contribution is -2.10. The van der Waals surface area contributed by atoms with Gasteiger partial charge in [0.25, 0.3) is 0 Å². The van der Waals surface area contributed by atoms with Gasteiger partial charge >= 0.3 is 0 Å². The zero-order valence-corrected chi connectivity index (χ0v) is 11.9. The summed E-state index contributed by atoms with van der Waals surface area (Å²) >= 11 is 0. The molecule has 0 radical (unpaired) electrons. The average molecular weight is 256 g/mol. The lowest BCUT2D eigenvalue weighted by atomic mass is 10.1. The van der Waals surface area contributed by atoms with Crippen molar-refractivity contribution in [1.29, 1.82) is 0 Å². The monoisotopic (exact) mass is 256 g/mol. The van der Waals surface area contributed by atoms with Crippen LogP contribution in [0.15, 0.2) is 30.3 Å². The van der Waals surface area contributed by atoms with Gasteiger partial charge in [-0.3, -0.25) is 0 Å². The Hall–Kier alpha value is -2.10. The highest BCUT2D eigenvalue weighted by atomic mass is 15.1. The standard InChI is InChI=1S/C15H20N4/c1-10-5-7-13(8-6-10)12(3)18-14-9-11(2)17-15(16-4)19-14/h5-9,12H,1-4H3,(H2,16,17,18,19). The molecule has 2 rings (SSSR count). The van der Waals surface area contributed by atoms with Crippen LogP contribution in [0.4, 0.5) is 11.8 Å². The number of hydrogen-bond donors (Lipinski definition) is 2. The maximum atomic E-state index is 4.40. The lowest BCUT2D eigenvalue weighted by molar-refractivity contribution is 0.870. The predicted octanol–water partition coefficient (Wildman–Crippen LogP) is 3.31. The molecule has 0 spiro atoms. The maximum Gasteiger partial charge on any atom is 0.224 e. The van der Waals surface area contributed by atoms with Crippen LogP contribution >= 0.6 is 0 Å². The zero-order chi connectivity index (χ0) is 13.8. The van der Waals surface area contributed by atoms with Crippen LogP contribution in [0.1, 0.15) is 29.8 Å². The number of aromatic nitrogens is 2. The van der Waals surface area contributed by atoms with Crippen molar-refractivity contribution in [2.75, 3.05) is 17.7 Å².